The predicted molar refractivity (Wildman–Crippen MR) is 130 cm³/mol. The number of rotatable bonds is 6. The zero-order valence-corrected chi connectivity index (χ0v) is 19.1. The normalized spacial score (nSPS) is 10.9. The van der Waals surface area contributed by atoms with Crippen molar-refractivity contribution in [3.8, 4) is 40.7 Å². The third-order valence-corrected chi connectivity index (χ3v) is 7.02. The smallest absolute Gasteiger partial charge is 0.206 e. The molecule has 4 rings (SSSR count). The number of terminal acetylenes is 1. The van der Waals surface area contributed by atoms with Crippen molar-refractivity contribution < 1.29 is 17.9 Å². The highest BCUT2D eigenvalue weighted by atomic mass is 32.2. The van der Waals surface area contributed by atoms with Gasteiger partial charge in [0.25, 0.3) is 0 Å². The van der Waals surface area contributed by atoms with E-state index in [1.165, 1.54) is 0 Å². The van der Waals surface area contributed by atoms with Gasteiger partial charge in [-0.25, -0.2) is 8.42 Å². The number of aryl methyl sites for hydroxylation is 1. The Balaban J connectivity index is 1.59. The highest BCUT2D eigenvalue weighted by molar-refractivity contribution is 7.91. The fraction of sp³-hybridized carbons (Fsp3) is 0.0714. The topological polar surface area (TPSA) is 52.6 Å². The Morgan fingerprint density at radius 1 is 0.758 bits per heavy atom. The van der Waals surface area contributed by atoms with Crippen molar-refractivity contribution in [3.63, 3.8) is 0 Å². The van der Waals surface area contributed by atoms with Crippen molar-refractivity contribution in [2.75, 3.05) is 7.11 Å². The van der Waals surface area contributed by atoms with E-state index in [-0.39, 0.29) is 9.79 Å². The maximum atomic E-state index is 12.9. The summed E-state index contributed by atoms with van der Waals surface area (Å²) in [5.41, 5.74) is 3.60. The van der Waals surface area contributed by atoms with Crippen LogP contribution in [0.5, 0.6) is 17.2 Å². The first kappa shape index (κ1) is 22.2. The summed E-state index contributed by atoms with van der Waals surface area (Å²) >= 11 is 0. The Morgan fingerprint density at radius 2 is 1.33 bits per heavy atom. The van der Waals surface area contributed by atoms with Gasteiger partial charge in [0.15, 0.2) is 0 Å². The Bertz CT molecular complexity index is 1410. The van der Waals surface area contributed by atoms with Crippen LogP contribution in [0, 0.1) is 19.3 Å². The second kappa shape index (κ2) is 9.23. The molecule has 0 aliphatic heterocycles. The van der Waals surface area contributed by atoms with E-state index in [2.05, 4.69) is 5.92 Å². The van der Waals surface area contributed by atoms with Crippen LogP contribution >= 0.6 is 0 Å². The lowest BCUT2D eigenvalue weighted by atomic mass is 10.0. The summed E-state index contributed by atoms with van der Waals surface area (Å²) < 4.78 is 37.2. The molecule has 0 spiro atoms. The molecule has 33 heavy (non-hydrogen) atoms. The average molecular weight is 455 g/mol. The largest absolute Gasteiger partial charge is 0.496 e. The number of methoxy groups -OCH3 is 1. The van der Waals surface area contributed by atoms with Gasteiger partial charge in [0.05, 0.1) is 16.9 Å². The molecule has 0 atom stereocenters. The SMILES string of the molecule is C#Cc1ccc(-c2cc(Oc3ccc(S(=O)(=O)c4ccc(C)cc4)cc3)ccc2OC)cc1. The van der Waals surface area contributed by atoms with Crippen LogP contribution in [0.4, 0.5) is 0 Å². The molecule has 5 heteroatoms. The van der Waals surface area contributed by atoms with Gasteiger partial charge in [-0.3, -0.25) is 0 Å². The fourth-order valence-electron chi connectivity index (χ4n) is 3.40. The molecule has 0 saturated heterocycles. The van der Waals surface area contributed by atoms with Crippen LogP contribution in [0.15, 0.2) is 101 Å². The highest BCUT2D eigenvalue weighted by Crippen LogP contribution is 2.35. The lowest BCUT2D eigenvalue weighted by Crippen LogP contribution is -2.01. The van der Waals surface area contributed by atoms with Crippen molar-refractivity contribution in [2.24, 2.45) is 0 Å². The summed E-state index contributed by atoms with van der Waals surface area (Å²) in [5, 5.41) is 0. The standard InChI is InChI=1S/C28H22O4S/c1-4-21-7-9-22(10-8-21)27-19-24(13-18-28(27)31-3)32-23-11-16-26(17-12-23)33(29,30)25-14-5-20(2)6-15-25/h1,5-19H,2-3H3. The van der Waals surface area contributed by atoms with Crippen LogP contribution in [0.3, 0.4) is 0 Å². The number of ether oxygens (including phenoxy) is 2. The molecule has 0 unspecified atom stereocenters. The summed E-state index contributed by atoms with van der Waals surface area (Å²) in [6.45, 7) is 1.92. The average Bonchev–Trinajstić information content (AvgIpc) is 2.85. The number of hydrogen-bond acceptors (Lipinski definition) is 4. The van der Waals surface area contributed by atoms with Crippen LogP contribution in [0.25, 0.3) is 11.1 Å². The molecular weight excluding hydrogens is 432 g/mol. The van der Waals surface area contributed by atoms with Gasteiger partial charge in [-0.05, 0) is 79.2 Å². The number of sulfone groups is 1. The van der Waals surface area contributed by atoms with Crippen LogP contribution in [-0.4, -0.2) is 15.5 Å². The molecule has 4 nitrogen and oxygen atoms in total. The Morgan fingerprint density at radius 3 is 1.91 bits per heavy atom. The molecule has 164 valence electrons. The molecule has 0 radical (unpaired) electrons. The van der Waals surface area contributed by atoms with Crippen LogP contribution in [-0.2, 0) is 9.84 Å². The van der Waals surface area contributed by atoms with Crippen molar-refractivity contribution in [2.45, 2.75) is 16.7 Å². The van der Waals surface area contributed by atoms with Gasteiger partial charge >= 0.3 is 0 Å². The van der Waals surface area contributed by atoms with Gasteiger partial charge in [-0.2, -0.15) is 0 Å². The van der Waals surface area contributed by atoms with Gasteiger partial charge in [-0.1, -0.05) is 35.7 Å². The lowest BCUT2D eigenvalue weighted by Gasteiger charge is -2.13. The monoisotopic (exact) mass is 454 g/mol. The highest BCUT2D eigenvalue weighted by Gasteiger charge is 2.17. The zero-order valence-electron chi connectivity index (χ0n) is 18.3. The minimum atomic E-state index is -3.59. The van der Waals surface area contributed by atoms with E-state index < -0.39 is 9.84 Å². The Hall–Kier alpha value is -4.01. The zero-order chi connectivity index (χ0) is 23.4. The molecular formula is C28H22O4S. The van der Waals surface area contributed by atoms with E-state index in [1.54, 1.807) is 61.7 Å². The van der Waals surface area contributed by atoms with E-state index >= 15 is 0 Å². The third kappa shape index (κ3) is 4.77. The first-order chi connectivity index (χ1) is 15.9. The molecule has 0 fully saturated rings. The van der Waals surface area contributed by atoms with E-state index in [4.69, 9.17) is 15.9 Å². The van der Waals surface area contributed by atoms with Crippen LogP contribution < -0.4 is 9.47 Å². The van der Waals surface area contributed by atoms with E-state index in [0.29, 0.717) is 17.2 Å². The predicted octanol–water partition coefficient (Wildman–Crippen LogP) is 6.28. The second-order valence-corrected chi connectivity index (χ2v) is 9.42. The Labute approximate surface area is 194 Å². The van der Waals surface area contributed by atoms with Gasteiger partial charge in [-0.15, -0.1) is 6.42 Å². The lowest BCUT2D eigenvalue weighted by molar-refractivity contribution is 0.414. The van der Waals surface area contributed by atoms with E-state index in [0.717, 1.165) is 22.3 Å². The molecule has 0 amide bonds. The molecule has 4 aromatic rings. The molecule has 0 aliphatic carbocycles. The molecule has 0 bridgehead atoms. The van der Waals surface area contributed by atoms with Crippen molar-refractivity contribution >= 4 is 9.84 Å². The van der Waals surface area contributed by atoms with Gasteiger partial charge in [0.1, 0.15) is 17.2 Å². The molecule has 4 aromatic carbocycles. The van der Waals surface area contributed by atoms with E-state index in [1.807, 2.05) is 43.3 Å². The van der Waals surface area contributed by atoms with Gasteiger partial charge < -0.3 is 9.47 Å². The summed E-state index contributed by atoms with van der Waals surface area (Å²) in [6, 6.07) is 26.3. The molecule has 0 saturated carbocycles. The minimum Gasteiger partial charge on any atom is -0.496 e. The van der Waals surface area contributed by atoms with E-state index in [9.17, 15) is 8.42 Å². The van der Waals surface area contributed by atoms with Gasteiger partial charge in [0, 0.05) is 11.1 Å². The first-order valence-electron chi connectivity index (χ1n) is 10.3. The molecule has 0 aliphatic rings. The quantitative estimate of drug-likeness (QED) is 0.322. The maximum absolute atomic E-state index is 12.9. The summed E-state index contributed by atoms with van der Waals surface area (Å²) in [6.07, 6.45) is 5.45. The molecule has 0 aromatic heterocycles. The summed E-state index contributed by atoms with van der Waals surface area (Å²) in [7, 11) is -1.98. The molecule has 0 N–H and O–H groups in total. The second-order valence-electron chi connectivity index (χ2n) is 7.47. The van der Waals surface area contributed by atoms with Crippen molar-refractivity contribution in [1.82, 2.24) is 0 Å². The number of hydrogen-bond donors (Lipinski definition) is 0. The first-order valence-corrected chi connectivity index (χ1v) is 11.7. The minimum absolute atomic E-state index is 0.211. The van der Waals surface area contributed by atoms with Crippen LogP contribution in [0.1, 0.15) is 11.1 Å². The third-order valence-electron chi connectivity index (χ3n) is 5.23. The summed E-state index contributed by atoms with van der Waals surface area (Å²) in [4.78, 5) is 0.472. The maximum Gasteiger partial charge on any atom is 0.206 e. The van der Waals surface area contributed by atoms with Crippen molar-refractivity contribution in [1.29, 1.82) is 0 Å². The van der Waals surface area contributed by atoms with Crippen LogP contribution in [0.2, 0.25) is 0 Å². The van der Waals surface area contributed by atoms with Crippen molar-refractivity contribution in [3.05, 3.63) is 102 Å². The molecule has 0 heterocycles. The van der Waals surface area contributed by atoms with Gasteiger partial charge in [0.2, 0.25) is 9.84 Å². The fourth-order valence-corrected chi connectivity index (χ4v) is 4.66. The Kier molecular flexibility index (Phi) is 6.21. The summed E-state index contributed by atoms with van der Waals surface area (Å²) in [5.74, 6) is 4.43. The number of benzene rings is 4.